The second kappa shape index (κ2) is 7.05. The van der Waals surface area contributed by atoms with Gasteiger partial charge in [0.1, 0.15) is 6.07 Å². The number of hydrogen-bond acceptors (Lipinski definition) is 4. The van der Waals surface area contributed by atoms with Crippen LogP contribution in [0.4, 0.5) is 0 Å². The second-order valence-corrected chi connectivity index (χ2v) is 7.55. The maximum absolute atomic E-state index is 13.8. The van der Waals surface area contributed by atoms with E-state index in [1.54, 1.807) is 12.3 Å². The Kier molecular flexibility index (Phi) is 4.56. The number of rotatable bonds is 3. The molecule has 1 saturated heterocycles. The Bertz CT molecular complexity index is 1010. The number of carbonyl (C=O) groups excluding carboxylic acids is 2. The lowest BCUT2D eigenvalue weighted by atomic mass is 9.60. The van der Waals surface area contributed by atoms with Crippen molar-refractivity contribution in [2.45, 2.75) is 31.7 Å². The Labute approximate surface area is 164 Å². The van der Waals surface area contributed by atoms with Crippen molar-refractivity contribution in [3.05, 3.63) is 77.1 Å². The van der Waals surface area contributed by atoms with Crippen LogP contribution < -0.4 is 0 Å². The van der Waals surface area contributed by atoms with E-state index in [0.29, 0.717) is 13.1 Å². The monoisotopic (exact) mass is 371 g/mol. The molecule has 0 radical (unpaired) electrons. The fourth-order valence-corrected chi connectivity index (χ4v) is 4.49. The van der Waals surface area contributed by atoms with Crippen LogP contribution in [0.25, 0.3) is 0 Å². The molecule has 1 fully saturated rings. The van der Waals surface area contributed by atoms with Crippen LogP contribution in [0.15, 0.2) is 60.3 Å². The molecule has 28 heavy (non-hydrogen) atoms. The SMILES string of the molecule is Cc1cc(CN2CCC3CC(=O)C(C#N)=CC3(c3ccccc3)C2=O)ccn1. The van der Waals surface area contributed by atoms with Crippen molar-refractivity contribution in [2.75, 3.05) is 6.54 Å². The zero-order chi connectivity index (χ0) is 19.7. The largest absolute Gasteiger partial charge is 0.337 e. The minimum atomic E-state index is -0.958. The molecule has 1 aromatic carbocycles. The highest BCUT2D eigenvalue weighted by Gasteiger charge is 2.53. The lowest BCUT2D eigenvalue weighted by Gasteiger charge is -2.47. The highest BCUT2D eigenvalue weighted by atomic mass is 16.2. The molecule has 2 aromatic rings. The number of fused-ring (bicyclic) bond motifs is 1. The van der Waals surface area contributed by atoms with E-state index in [9.17, 15) is 14.9 Å². The minimum Gasteiger partial charge on any atom is -0.337 e. The van der Waals surface area contributed by atoms with Crippen molar-refractivity contribution >= 4 is 11.7 Å². The number of pyridine rings is 1. The number of hydrogen-bond donors (Lipinski definition) is 0. The van der Waals surface area contributed by atoms with Gasteiger partial charge in [0.05, 0.1) is 11.0 Å². The predicted octanol–water partition coefficient (Wildman–Crippen LogP) is 3.10. The summed E-state index contributed by atoms with van der Waals surface area (Å²) < 4.78 is 0. The van der Waals surface area contributed by atoms with Gasteiger partial charge in [-0.05, 0) is 48.6 Å². The van der Waals surface area contributed by atoms with Gasteiger partial charge < -0.3 is 4.90 Å². The number of piperidine rings is 1. The summed E-state index contributed by atoms with van der Waals surface area (Å²) in [5.74, 6) is -0.322. The predicted molar refractivity (Wildman–Crippen MR) is 104 cm³/mol. The van der Waals surface area contributed by atoms with Crippen molar-refractivity contribution in [1.82, 2.24) is 9.88 Å². The van der Waals surface area contributed by atoms with Crippen molar-refractivity contribution in [2.24, 2.45) is 5.92 Å². The highest BCUT2D eigenvalue weighted by molar-refractivity contribution is 6.04. The van der Waals surface area contributed by atoms with Crippen LogP contribution in [-0.4, -0.2) is 28.1 Å². The van der Waals surface area contributed by atoms with Gasteiger partial charge in [0.25, 0.3) is 0 Å². The van der Waals surface area contributed by atoms with E-state index in [0.717, 1.165) is 23.2 Å². The summed E-state index contributed by atoms with van der Waals surface area (Å²) in [5, 5.41) is 9.46. The van der Waals surface area contributed by atoms with Crippen molar-refractivity contribution in [3.8, 4) is 6.07 Å². The Morgan fingerprint density at radius 1 is 1.25 bits per heavy atom. The van der Waals surface area contributed by atoms with Crippen LogP contribution in [0.3, 0.4) is 0 Å². The first-order valence-corrected chi connectivity index (χ1v) is 9.47. The number of nitriles is 1. The first-order valence-electron chi connectivity index (χ1n) is 9.47. The molecule has 0 bridgehead atoms. The third-order valence-electron chi connectivity index (χ3n) is 5.84. The van der Waals surface area contributed by atoms with Gasteiger partial charge in [-0.15, -0.1) is 0 Å². The Hall–Kier alpha value is -3.26. The van der Waals surface area contributed by atoms with Gasteiger partial charge in [-0.2, -0.15) is 5.26 Å². The third-order valence-corrected chi connectivity index (χ3v) is 5.84. The molecule has 2 unspecified atom stereocenters. The lowest BCUT2D eigenvalue weighted by molar-refractivity contribution is -0.143. The summed E-state index contributed by atoms with van der Waals surface area (Å²) in [6, 6.07) is 15.5. The number of nitrogens with zero attached hydrogens (tertiary/aromatic N) is 3. The van der Waals surface area contributed by atoms with E-state index < -0.39 is 5.41 Å². The van der Waals surface area contributed by atoms with E-state index in [4.69, 9.17) is 0 Å². The van der Waals surface area contributed by atoms with Crippen molar-refractivity contribution < 1.29 is 9.59 Å². The topological polar surface area (TPSA) is 74.1 Å². The van der Waals surface area contributed by atoms with E-state index in [2.05, 4.69) is 4.98 Å². The number of likely N-dealkylation sites (tertiary alicyclic amines) is 1. The number of Topliss-reactive ketones (excluding diaryl/α,β-unsaturated/α-hetero) is 1. The van der Waals surface area contributed by atoms with Crippen LogP contribution in [0.5, 0.6) is 0 Å². The molecule has 2 atom stereocenters. The third kappa shape index (κ3) is 2.91. The Balaban J connectivity index is 1.79. The summed E-state index contributed by atoms with van der Waals surface area (Å²) in [4.78, 5) is 32.2. The van der Waals surface area contributed by atoms with Gasteiger partial charge in [-0.3, -0.25) is 14.6 Å². The number of carbonyl (C=O) groups is 2. The summed E-state index contributed by atoms with van der Waals surface area (Å²) in [6.45, 7) is 3.02. The molecule has 0 N–H and O–H groups in total. The molecule has 5 heteroatoms. The first kappa shape index (κ1) is 18.1. The molecule has 1 aliphatic heterocycles. The summed E-state index contributed by atoms with van der Waals surface area (Å²) in [5.41, 5.74) is 1.92. The van der Waals surface area contributed by atoms with Gasteiger partial charge in [-0.25, -0.2) is 0 Å². The quantitative estimate of drug-likeness (QED) is 0.831. The summed E-state index contributed by atoms with van der Waals surface area (Å²) >= 11 is 0. The maximum Gasteiger partial charge on any atom is 0.237 e. The average Bonchev–Trinajstić information content (AvgIpc) is 2.71. The second-order valence-electron chi connectivity index (χ2n) is 7.55. The highest BCUT2D eigenvalue weighted by Crippen LogP contribution is 2.47. The van der Waals surface area contributed by atoms with Gasteiger partial charge >= 0.3 is 0 Å². The molecule has 2 aliphatic rings. The van der Waals surface area contributed by atoms with Crippen molar-refractivity contribution in [3.63, 3.8) is 0 Å². The molecule has 2 heterocycles. The average molecular weight is 371 g/mol. The molecule has 4 rings (SSSR count). The fraction of sp³-hybridized carbons (Fsp3) is 0.304. The van der Waals surface area contributed by atoms with E-state index in [-0.39, 0.29) is 29.6 Å². The molecule has 1 amide bonds. The maximum atomic E-state index is 13.8. The normalized spacial score (nSPS) is 24.4. The van der Waals surface area contributed by atoms with Crippen LogP contribution in [-0.2, 0) is 21.5 Å². The number of allylic oxidation sites excluding steroid dienone is 1. The van der Waals surface area contributed by atoms with E-state index >= 15 is 0 Å². The number of aryl methyl sites for hydroxylation is 1. The number of amides is 1. The standard InChI is InChI=1S/C23H21N3O2/c1-16-11-17(7-9-25-16)15-26-10-8-20-12-21(27)18(14-24)13-23(20,22(26)28)19-5-3-2-4-6-19/h2-7,9,11,13,20H,8,10,12,15H2,1H3. The minimum absolute atomic E-state index is 0.0373. The summed E-state index contributed by atoms with van der Waals surface area (Å²) in [7, 11) is 0. The number of benzene rings is 1. The van der Waals surface area contributed by atoms with Crippen LogP contribution in [0.1, 0.15) is 29.7 Å². The van der Waals surface area contributed by atoms with E-state index in [1.807, 2.05) is 60.4 Å². The molecule has 0 saturated carbocycles. The molecular formula is C23H21N3O2. The Morgan fingerprint density at radius 3 is 2.75 bits per heavy atom. The first-order chi connectivity index (χ1) is 13.5. The van der Waals surface area contributed by atoms with Crippen molar-refractivity contribution in [1.29, 1.82) is 5.26 Å². The molecule has 0 spiro atoms. The molecule has 140 valence electrons. The van der Waals surface area contributed by atoms with Crippen LogP contribution in [0, 0.1) is 24.2 Å². The smallest absolute Gasteiger partial charge is 0.237 e. The van der Waals surface area contributed by atoms with Gasteiger partial charge in [0, 0.05) is 31.4 Å². The zero-order valence-electron chi connectivity index (χ0n) is 15.8. The number of aromatic nitrogens is 1. The van der Waals surface area contributed by atoms with E-state index in [1.165, 1.54) is 0 Å². The van der Waals surface area contributed by atoms with Crippen LogP contribution in [0.2, 0.25) is 0 Å². The van der Waals surface area contributed by atoms with Crippen LogP contribution >= 0.6 is 0 Å². The van der Waals surface area contributed by atoms with Gasteiger partial charge in [0.15, 0.2) is 5.78 Å². The molecular weight excluding hydrogens is 350 g/mol. The zero-order valence-corrected chi connectivity index (χ0v) is 15.8. The van der Waals surface area contributed by atoms with Gasteiger partial charge in [-0.1, -0.05) is 30.3 Å². The summed E-state index contributed by atoms with van der Waals surface area (Å²) in [6.07, 6.45) is 4.35. The molecule has 5 nitrogen and oxygen atoms in total. The lowest BCUT2D eigenvalue weighted by Crippen LogP contribution is -2.57. The molecule has 1 aliphatic carbocycles. The fourth-order valence-electron chi connectivity index (χ4n) is 4.49. The van der Waals surface area contributed by atoms with Gasteiger partial charge in [0.2, 0.25) is 5.91 Å². The molecule has 1 aromatic heterocycles. The Morgan fingerprint density at radius 2 is 2.04 bits per heavy atom. The number of ketones is 1.